The lowest BCUT2D eigenvalue weighted by Gasteiger charge is -2.20. The molecule has 0 aromatic heterocycles. The molecule has 0 aliphatic rings. The fourth-order valence-electron chi connectivity index (χ4n) is 13.2. The van der Waals surface area contributed by atoms with Crippen molar-refractivity contribution in [2.45, 2.75) is 142 Å². The quantitative estimate of drug-likeness (QED) is 0.0281. The second-order valence-corrected chi connectivity index (χ2v) is 26.9. The van der Waals surface area contributed by atoms with Crippen molar-refractivity contribution in [2.75, 3.05) is 41.7 Å². The van der Waals surface area contributed by atoms with Gasteiger partial charge in [-0.25, -0.2) is 0 Å². The number of unbranched alkanes of at least 4 members (excludes halogenated alkanes) is 18. The topological polar surface area (TPSA) is 55.4 Å². The van der Waals surface area contributed by atoms with Gasteiger partial charge in [-0.3, -0.25) is 0 Å². The van der Waals surface area contributed by atoms with Gasteiger partial charge in [-0.2, -0.15) is 0 Å². The minimum atomic E-state index is 0.646. The molecule has 0 N–H and O–H groups in total. The highest BCUT2D eigenvalue weighted by molar-refractivity contribution is 6.10. The summed E-state index contributed by atoms with van der Waals surface area (Å²) in [5.41, 5.74) is 15.3. The van der Waals surface area contributed by atoms with Gasteiger partial charge < -0.3 is 28.4 Å². The number of hydrogen-bond acceptors (Lipinski definition) is 6. The second kappa shape index (κ2) is 41.0. The van der Waals surface area contributed by atoms with Gasteiger partial charge >= 0.3 is 0 Å². The first-order chi connectivity index (χ1) is 50.3. The van der Waals surface area contributed by atoms with Gasteiger partial charge in [0.25, 0.3) is 0 Å². The normalized spacial score (nSPS) is 11.9. The number of hydrogen-bond donors (Lipinski definition) is 0. The smallest absolute Gasteiger partial charge is 0.127 e. The van der Waals surface area contributed by atoms with Crippen molar-refractivity contribution >= 4 is 94.5 Å². The summed E-state index contributed by atoms with van der Waals surface area (Å²) in [6.07, 6.45) is 51.6. The maximum Gasteiger partial charge on any atom is 0.127 e. The van der Waals surface area contributed by atoms with E-state index in [9.17, 15) is 0 Å². The SMILES string of the molecule is CCCCCCCCCCCCOc1ccc2cc(/C=C\c3cc(/C=C\c4ccc(OC)cc4)cc(/C=C/c4ccc(OC)cc4)c3)ccc2c1-c1c(OCCCCCCCCCCCC)ccc2cc(/C=C/c3cc(/C=C/c4ccc(OC)cc4)cc(/C=C/c4ccc(OC)cc4)c3)ccc12. The van der Waals surface area contributed by atoms with Gasteiger partial charge in [0.05, 0.1) is 41.7 Å². The van der Waals surface area contributed by atoms with Gasteiger partial charge in [-0.05, 0) is 210 Å². The number of rotatable bonds is 41. The van der Waals surface area contributed by atoms with Crippen LogP contribution in [0, 0.1) is 0 Å². The average molecular weight is 1360 g/mol. The van der Waals surface area contributed by atoms with Crippen molar-refractivity contribution in [1.29, 1.82) is 0 Å². The summed E-state index contributed by atoms with van der Waals surface area (Å²) >= 11 is 0. The molecule has 6 heteroatoms. The third-order valence-corrected chi connectivity index (χ3v) is 19.0. The highest BCUT2D eigenvalue weighted by Gasteiger charge is 2.20. The maximum absolute atomic E-state index is 7.07. The van der Waals surface area contributed by atoms with E-state index in [4.69, 9.17) is 28.4 Å². The van der Waals surface area contributed by atoms with Gasteiger partial charge in [0.1, 0.15) is 34.5 Å². The summed E-state index contributed by atoms with van der Waals surface area (Å²) in [7, 11) is 6.79. The first-order valence-electron chi connectivity index (χ1n) is 37.6. The number of fused-ring (bicyclic) bond motifs is 2. The third kappa shape index (κ3) is 23.5. The lowest BCUT2D eigenvalue weighted by Crippen LogP contribution is -2.03. The molecule has 0 atom stereocenters. The molecule has 0 heterocycles. The standard InChI is InChI=1S/C96H106O6/c1-7-9-11-13-15-17-19-21-23-25-63-101-93-61-49-85-71-77(31-37-83-67-79(33-27-73-39-51-87(97-3)52-40-73)65-80(68-83)34-28-74-41-53-88(98-4)54-42-74)47-59-91(85)95(93)96-92-60-48-78(72-86(92)50-62-94(96)102-64-26-24-22-20-18-16-14-12-10-8-2)32-38-84-69-81(35-29-75-43-55-89(99-5)56-44-75)66-82(70-84)36-30-76-45-57-90(100-6)58-46-76/h27-62,65-72H,7-26,63-64H2,1-6H3/b33-27-,34-28+,35-29+,36-30+,37-31-,38-32+. The largest absolute Gasteiger partial charge is 0.497 e. The van der Waals surface area contributed by atoms with Crippen LogP contribution in [0.1, 0.15) is 209 Å². The minimum Gasteiger partial charge on any atom is -0.497 e. The highest BCUT2D eigenvalue weighted by Crippen LogP contribution is 2.46. The molecule has 102 heavy (non-hydrogen) atoms. The van der Waals surface area contributed by atoms with Crippen molar-refractivity contribution in [3.63, 3.8) is 0 Å². The lowest BCUT2D eigenvalue weighted by atomic mass is 9.90. The van der Waals surface area contributed by atoms with Crippen LogP contribution in [0.15, 0.2) is 194 Å². The molecule has 10 aromatic carbocycles. The maximum atomic E-state index is 7.07. The third-order valence-electron chi connectivity index (χ3n) is 19.0. The molecular formula is C96H106O6. The van der Waals surface area contributed by atoms with Crippen LogP contribution in [0.4, 0.5) is 0 Å². The molecule has 0 aliphatic carbocycles. The second-order valence-electron chi connectivity index (χ2n) is 26.9. The molecular weight excluding hydrogens is 1250 g/mol. The lowest BCUT2D eigenvalue weighted by molar-refractivity contribution is 0.301. The van der Waals surface area contributed by atoms with Gasteiger partial charge in [-0.1, -0.05) is 287 Å². The average Bonchev–Trinajstić information content (AvgIpc) is 0.749. The zero-order valence-electron chi connectivity index (χ0n) is 61.4. The van der Waals surface area contributed by atoms with E-state index in [1.165, 1.54) is 103 Å². The zero-order valence-corrected chi connectivity index (χ0v) is 61.4. The predicted molar refractivity (Wildman–Crippen MR) is 440 cm³/mol. The Morgan fingerprint density at radius 1 is 0.216 bits per heavy atom. The number of ether oxygens (including phenoxy) is 6. The van der Waals surface area contributed by atoms with Crippen LogP contribution in [-0.4, -0.2) is 41.7 Å². The Morgan fingerprint density at radius 2 is 0.441 bits per heavy atom. The first-order valence-corrected chi connectivity index (χ1v) is 37.6. The predicted octanol–water partition coefficient (Wildman–Crippen LogP) is 27.3. The molecule has 526 valence electrons. The Morgan fingerprint density at radius 3 is 0.696 bits per heavy atom. The van der Waals surface area contributed by atoms with E-state index < -0.39 is 0 Å². The van der Waals surface area contributed by atoms with Crippen LogP contribution >= 0.6 is 0 Å². The van der Waals surface area contributed by atoms with E-state index >= 15 is 0 Å². The Kier molecular flexibility index (Phi) is 30.0. The summed E-state index contributed by atoms with van der Waals surface area (Å²) in [6.45, 7) is 5.88. The van der Waals surface area contributed by atoms with Crippen molar-refractivity contribution in [1.82, 2.24) is 0 Å². The van der Waals surface area contributed by atoms with Gasteiger partial charge in [0.2, 0.25) is 0 Å². The number of methoxy groups -OCH3 is 4. The van der Waals surface area contributed by atoms with Crippen LogP contribution in [0.25, 0.3) is 106 Å². The van der Waals surface area contributed by atoms with E-state index in [1.807, 2.05) is 48.5 Å². The Bertz CT molecular complexity index is 3960. The zero-order chi connectivity index (χ0) is 70.8. The molecule has 0 radical (unpaired) electrons. The van der Waals surface area contributed by atoms with E-state index in [-0.39, 0.29) is 0 Å². The highest BCUT2D eigenvalue weighted by atomic mass is 16.5. The number of benzene rings is 10. The fraction of sp³-hybridized carbons (Fsp3) is 0.292. The van der Waals surface area contributed by atoms with Gasteiger partial charge in [0, 0.05) is 11.1 Å². The first kappa shape index (κ1) is 74.6. The van der Waals surface area contributed by atoms with E-state index in [1.54, 1.807) is 28.4 Å². The van der Waals surface area contributed by atoms with Crippen LogP contribution in [0.2, 0.25) is 0 Å². The molecule has 0 saturated carbocycles. The molecule has 0 unspecified atom stereocenters. The van der Waals surface area contributed by atoms with Gasteiger partial charge in [-0.15, -0.1) is 0 Å². The van der Waals surface area contributed by atoms with Crippen molar-refractivity contribution in [2.24, 2.45) is 0 Å². The van der Waals surface area contributed by atoms with E-state index in [0.717, 1.165) is 160 Å². The molecule has 10 aromatic rings. The minimum absolute atomic E-state index is 0.646. The summed E-state index contributed by atoms with van der Waals surface area (Å²) < 4.78 is 35.9. The van der Waals surface area contributed by atoms with Crippen LogP contribution < -0.4 is 28.4 Å². The molecule has 0 spiro atoms. The molecule has 0 amide bonds. The Balaban J connectivity index is 0.998. The van der Waals surface area contributed by atoms with Crippen LogP contribution in [0.3, 0.4) is 0 Å². The fourth-order valence-corrected chi connectivity index (χ4v) is 13.2. The van der Waals surface area contributed by atoms with Crippen molar-refractivity contribution in [3.05, 3.63) is 261 Å². The molecule has 6 nitrogen and oxygen atoms in total. The Hall–Kier alpha value is -10.0. The van der Waals surface area contributed by atoms with Crippen molar-refractivity contribution < 1.29 is 28.4 Å². The Labute approximate surface area is 609 Å². The monoisotopic (exact) mass is 1350 g/mol. The molecule has 0 saturated heterocycles. The summed E-state index contributed by atoms with van der Waals surface area (Å²) in [5, 5.41) is 4.52. The summed E-state index contributed by atoms with van der Waals surface area (Å²) in [5.74, 6) is 5.12. The van der Waals surface area contributed by atoms with Crippen LogP contribution in [0.5, 0.6) is 34.5 Å². The van der Waals surface area contributed by atoms with E-state index in [0.29, 0.717) is 13.2 Å². The van der Waals surface area contributed by atoms with Crippen molar-refractivity contribution in [3.8, 4) is 45.6 Å². The molecule has 10 rings (SSSR count). The van der Waals surface area contributed by atoms with E-state index in [2.05, 4.69) is 232 Å². The molecule has 0 bridgehead atoms. The summed E-state index contributed by atoms with van der Waals surface area (Å²) in [6, 6.07) is 68.8. The summed E-state index contributed by atoms with van der Waals surface area (Å²) in [4.78, 5) is 0. The molecule has 0 aliphatic heterocycles. The van der Waals surface area contributed by atoms with Crippen LogP contribution in [-0.2, 0) is 0 Å². The molecule has 0 fully saturated rings. The van der Waals surface area contributed by atoms with Gasteiger partial charge in [0.15, 0.2) is 0 Å².